The molecule has 8 heteroatoms. The number of amidine groups is 1. The number of rotatable bonds is 9. The lowest BCUT2D eigenvalue weighted by atomic mass is 10.2. The standard InChI is InChI=1S/C13H21ClN4O3/c1-20-8-3-6-18(7-9-21-2)13-11(14)10(4-5-16-13)12(15)17-19/h4-5,19H,3,6-9H2,1-2H3,(H2,15,17). The number of nitrogens with zero attached hydrogens (tertiary/aromatic N) is 3. The predicted molar refractivity (Wildman–Crippen MR) is 82.3 cm³/mol. The van der Waals surface area contributed by atoms with Crippen LogP contribution in [0.1, 0.15) is 12.0 Å². The van der Waals surface area contributed by atoms with E-state index in [0.717, 1.165) is 6.42 Å². The summed E-state index contributed by atoms with van der Waals surface area (Å²) in [6.07, 6.45) is 2.40. The highest BCUT2D eigenvalue weighted by Crippen LogP contribution is 2.26. The van der Waals surface area contributed by atoms with E-state index < -0.39 is 0 Å². The van der Waals surface area contributed by atoms with Crippen molar-refractivity contribution in [2.45, 2.75) is 6.42 Å². The van der Waals surface area contributed by atoms with E-state index in [1.807, 2.05) is 4.90 Å². The summed E-state index contributed by atoms with van der Waals surface area (Å²) in [4.78, 5) is 6.28. The Hall–Kier alpha value is -1.57. The average Bonchev–Trinajstić information content (AvgIpc) is 2.50. The van der Waals surface area contributed by atoms with Crippen molar-refractivity contribution >= 4 is 23.3 Å². The Kier molecular flexibility index (Phi) is 7.81. The minimum absolute atomic E-state index is 0.0489. The molecule has 0 saturated carbocycles. The largest absolute Gasteiger partial charge is 0.409 e. The molecule has 1 aromatic rings. The molecule has 0 atom stereocenters. The van der Waals surface area contributed by atoms with Gasteiger partial charge >= 0.3 is 0 Å². The normalized spacial score (nSPS) is 11.7. The second-order valence-electron chi connectivity index (χ2n) is 4.31. The van der Waals surface area contributed by atoms with Crippen molar-refractivity contribution in [3.05, 3.63) is 22.8 Å². The van der Waals surface area contributed by atoms with E-state index in [4.69, 9.17) is 32.0 Å². The summed E-state index contributed by atoms with van der Waals surface area (Å²) in [5.41, 5.74) is 6.05. The van der Waals surface area contributed by atoms with Crippen LogP contribution >= 0.6 is 11.6 Å². The minimum Gasteiger partial charge on any atom is -0.409 e. The van der Waals surface area contributed by atoms with Crippen molar-refractivity contribution in [1.29, 1.82) is 0 Å². The highest BCUT2D eigenvalue weighted by molar-refractivity contribution is 6.36. The Balaban J connectivity index is 3.00. The van der Waals surface area contributed by atoms with Crippen LogP contribution < -0.4 is 10.6 Å². The van der Waals surface area contributed by atoms with Crippen molar-refractivity contribution in [1.82, 2.24) is 4.98 Å². The molecule has 0 aliphatic heterocycles. The fraction of sp³-hybridized carbons (Fsp3) is 0.538. The Bertz CT molecular complexity index is 471. The van der Waals surface area contributed by atoms with Crippen LogP contribution in [0.3, 0.4) is 0 Å². The molecule has 0 saturated heterocycles. The zero-order valence-electron chi connectivity index (χ0n) is 12.3. The predicted octanol–water partition coefficient (Wildman–Crippen LogP) is 1.32. The molecule has 3 N–H and O–H groups in total. The van der Waals surface area contributed by atoms with E-state index in [1.54, 1.807) is 26.5 Å². The number of aromatic nitrogens is 1. The molecule has 1 rings (SSSR count). The van der Waals surface area contributed by atoms with Crippen LogP contribution in [-0.2, 0) is 9.47 Å². The zero-order valence-corrected chi connectivity index (χ0v) is 13.0. The number of pyridine rings is 1. The number of halogens is 1. The van der Waals surface area contributed by atoms with Crippen LogP contribution in [0.25, 0.3) is 0 Å². The lowest BCUT2D eigenvalue weighted by Gasteiger charge is -2.25. The Morgan fingerprint density at radius 3 is 2.71 bits per heavy atom. The Morgan fingerprint density at radius 1 is 1.38 bits per heavy atom. The van der Waals surface area contributed by atoms with Crippen LogP contribution in [-0.4, -0.2) is 56.5 Å². The van der Waals surface area contributed by atoms with Gasteiger partial charge in [-0.15, -0.1) is 0 Å². The first kappa shape index (κ1) is 17.5. The van der Waals surface area contributed by atoms with E-state index >= 15 is 0 Å². The van der Waals surface area contributed by atoms with Crippen molar-refractivity contribution < 1.29 is 14.7 Å². The summed E-state index contributed by atoms with van der Waals surface area (Å²) >= 11 is 6.32. The fourth-order valence-electron chi connectivity index (χ4n) is 1.83. The van der Waals surface area contributed by atoms with Gasteiger partial charge in [0.05, 0.1) is 11.6 Å². The number of ether oxygens (including phenoxy) is 2. The van der Waals surface area contributed by atoms with Crippen LogP contribution in [0.2, 0.25) is 5.02 Å². The molecule has 0 fully saturated rings. The van der Waals surface area contributed by atoms with Crippen LogP contribution in [0.5, 0.6) is 0 Å². The number of anilines is 1. The summed E-state index contributed by atoms with van der Waals surface area (Å²) in [5.74, 6) is 0.529. The number of hydrogen-bond acceptors (Lipinski definition) is 6. The van der Waals surface area contributed by atoms with Gasteiger partial charge in [0.15, 0.2) is 5.84 Å². The van der Waals surface area contributed by atoms with Crippen molar-refractivity contribution in [3.63, 3.8) is 0 Å². The molecule has 7 nitrogen and oxygen atoms in total. The van der Waals surface area contributed by atoms with Crippen molar-refractivity contribution in [2.75, 3.05) is 45.4 Å². The third-order valence-corrected chi connectivity index (χ3v) is 3.27. The summed E-state index contributed by atoms with van der Waals surface area (Å²) in [5, 5.41) is 12.1. The first-order valence-corrected chi connectivity index (χ1v) is 6.88. The van der Waals surface area contributed by atoms with E-state index in [-0.39, 0.29) is 5.84 Å². The van der Waals surface area contributed by atoms with Gasteiger partial charge in [0.1, 0.15) is 5.82 Å². The molecule has 0 aromatic carbocycles. The lowest BCUT2D eigenvalue weighted by Crippen LogP contribution is -2.30. The van der Waals surface area contributed by atoms with Crippen molar-refractivity contribution in [2.24, 2.45) is 10.9 Å². The quantitative estimate of drug-likeness (QED) is 0.235. The number of hydrogen-bond donors (Lipinski definition) is 2. The molecular weight excluding hydrogens is 296 g/mol. The summed E-state index contributed by atoms with van der Waals surface area (Å²) in [7, 11) is 3.29. The monoisotopic (exact) mass is 316 g/mol. The van der Waals surface area contributed by atoms with Gasteiger partial charge in [-0.25, -0.2) is 4.98 Å². The highest BCUT2D eigenvalue weighted by Gasteiger charge is 2.16. The maximum absolute atomic E-state index is 8.79. The van der Waals surface area contributed by atoms with Crippen molar-refractivity contribution in [3.8, 4) is 0 Å². The third kappa shape index (κ3) is 5.04. The van der Waals surface area contributed by atoms with E-state index in [9.17, 15) is 0 Å². The molecule has 0 unspecified atom stereocenters. The summed E-state index contributed by atoms with van der Waals surface area (Å²) in [6.45, 7) is 2.52. The molecule has 0 radical (unpaired) electrons. The van der Waals surface area contributed by atoms with Crippen LogP contribution in [0.15, 0.2) is 17.4 Å². The molecule has 0 bridgehead atoms. The van der Waals surface area contributed by atoms with Crippen LogP contribution in [0, 0.1) is 0 Å². The SMILES string of the molecule is COCCCN(CCOC)c1nccc(/C(N)=N/O)c1Cl. The number of methoxy groups -OCH3 is 2. The zero-order chi connectivity index (χ0) is 15.7. The second-order valence-corrected chi connectivity index (χ2v) is 4.69. The van der Waals surface area contributed by atoms with Crippen LogP contribution in [0.4, 0.5) is 5.82 Å². The maximum Gasteiger partial charge on any atom is 0.171 e. The topological polar surface area (TPSA) is 93.2 Å². The summed E-state index contributed by atoms with van der Waals surface area (Å²) in [6, 6.07) is 1.60. The molecule has 118 valence electrons. The van der Waals surface area contributed by atoms with Gasteiger partial charge in [-0.1, -0.05) is 16.8 Å². The van der Waals surface area contributed by atoms with Gasteiger partial charge in [0, 0.05) is 45.7 Å². The highest BCUT2D eigenvalue weighted by atomic mass is 35.5. The molecule has 1 heterocycles. The average molecular weight is 317 g/mol. The second kappa shape index (κ2) is 9.38. The van der Waals surface area contributed by atoms with Gasteiger partial charge in [-0.05, 0) is 12.5 Å². The number of nitrogens with two attached hydrogens (primary N) is 1. The lowest BCUT2D eigenvalue weighted by molar-refractivity contribution is 0.191. The molecule has 0 amide bonds. The van der Waals surface area contributed by atoms with Gasteiger partial charge in [0.2, 0.25) is 0 Å². The van der Waals surface area contributed by atoms with Gasteiger partial charge in [0.25, 0.3) is 0 Å². The Labute approximate surface area is 129 Å². The molecular formula is C13H21ClN4O3. The molecule has 1 aromatic heterocycles. The first-order valence-electron chi connectivity index (χ1n) is 6.50. The Morgan fingerprint density at radius 2 is 2.10 bits per heavy atom. The van der Waals surface area contributed by atoms with E-state index in [0.29, 0.717) is 42.7 Å². The molecule has 21 heavy (non-hydrogen) atoms. The maximum atomic E-state index is 8.79. The number of oxime groups is 1. The smallest absolute Gasteiger partial charge is 0.171 e. The first-order chi connectivity index (χ1) is 10.2. The van der Waals surface area contributed by atoms with E-state index in [1.165, 1.54) is 0 Å². The molecule has 0 spiro atoms. The van der Waals surface area contributed by atoms with Gasteiger partial charge in [-0.2, -0.15) is 0 Å². The summed E-state index contributed by atoms with van der Waals surface area (Å²) < 4.78 is 10.2. The fourth-order valence-corrected chi connectivity index (χ4v) is 2.16. The molecule has 0 aliphatic carbocycles. The third-order valence-electron chi connectivity index (χ3n) is 2.90. The van der Waals surface area contributed by atoms with E-state index in [2.05, 4.69) is 10.1 Å². The van der Waals surface area contributed by atoms with Gasteiger partial charge in [-0.3, -0.25) is 0 Å². The molecule has 0 aliphatic rings. The minimum atomic E-state index is -0.0489. The van der Waals surface area contributed by atoms with Gasteiger partial charge < -0.3 is 25.3 Å².